The zero-order chi connectivity index (χ0) is 21.1. The lowest BCUT2D eigenvalue weighted by Gasteiger charge is -2.14. The monoisotopic (exact) mass is 400 g/mol. The van der Waals surface area contributed by atoms with Crippen molar-refractivity contribution in [3.05, 3.63) is 107 Å². The third-order valence-electron chi connectivity index (χ3n) is 5.10. The molecule has 0 aliphatic heterocycles. The first kappa shape index (κ1) is 19.8. The number of halogens is 3. The third kappa shape index (κ3) is 3.69. The van der Waals surface area contributed by atoms with Crippen molar-refractivity contribution in [1.29, 1.82) is 0 Å². The maximum Gasteiger partial charge on any atom is 0.195 e. The summed E-state index contributed by atoms with van der Waals surface area (Å²) in [5.74, 6) is 1.70. The summed E-state index contributed by atoms with van der Waals surface area (Å²) in [6.45, 7) is 2.11. The highest BCUT2D eigenvalue weighted by atomic mass is 19.2. The molecular weight excluding hydrogens is 381 g/mol. The summed E-state index contributed by atoms with van der Waals surface area (Å²) in [5, 5.41) is 2.22. The molecule has 0 saturated carbocycles. The van der Waals surface area contributed by atoms with E-state index in [-0.39, 0.29) is 5.56 Å². The minimum atomic E-state index is -1.50. The fourth-order valence-electron chi connectivity index (χ4n) is 3.70. The normalized spacial score (nSPS) is 10.7. The largest absolute Gasteiger partial charge is 0.204 e. The molecule has 0 bridgehead atoms. The van der Waals surface area contributed by atoms with Crippen molar-refractivity contribution >= 4 is 10.8 Å². The average molecular weight is 400 g/mol. The van der Waals surface area contributed by atoms with Crippen LogP contribution in [-0.4, -0.2) is 0 Å². The quantitative estimate of drug-likeness (QED) is 0.250. The highest BCUT2D eigenvalue weighted by Crippen LogP contribution is 2.34. The van der Waals surface area contributed by atoms with E-state index < -0.39 is 17.5 Å². The predicted octanol–water partition coefficient (Wildman–Crippen LogP) is 7.28. The SMILES string of the molecule is CCCc1cccc(C#Cc2ccc(F)c(F)c2F)c1-c1cccc2ccccc12. The standard InChI is InChI=1S/C27H19F3/c1-2-7-19-10-5-11-20(14-15-21-16-17-24(28)27(30)26(21)29)25(19)23-13-6-9-18-8-3-4-12-22(18)23/h3-6,8-13,16-17H,2,7H2,1H3. The van der Waals surface area contributed by atoms with Crippen LogP contribution in [0.1, 0.15) is 30.0 Å². The van der Waals surface area contributed by atoms with E-state index in [0.717, 1.165) is 58.0 Å². The first-order chi connectivity index (χ1) is 14.6. The zero-order valence-corrected chi connectivity index (χ0v) is 16.5. The van der Waals surface area contributed by atoms with Crippen LogP contribution >= 0.6 is 0 Å². The van der Waals surface area contributed by atoms with Gasteiger partial charge in [-0.05, 0) is 46.5 Å². The number of hydrogen-bond donors (Lipinski definition) is 0. The highest BCUT2D eigenvalue weighted by molar-refractivity contribution is 5.98. The number of rotatable bonds is 3. The van der Waals surface area contributed by atoms with Gasteiger partial charge < -0.3 is 0 Å². The van der Waals surface area contributed by atoms with Crippen LogP contribution in [0.25, 0.3) is 21.9 Å². The second-order valence-electron chi connectivity index (χ2n) is 7.09. The van der Waals surface area contributed by atoms with Gasteiger partial charge in [-0.1, -0.05) is 79.8 Å². The smallest absolute Gasteiger partial charge is 0.195 e. The Hall–Kier alpha value is -3.51. The van der Waals surface area contributed by atoms with Gasteiger partial charge in [-0.25, -0.2) is 13.2 Å². The molecule has 0 heterocycles. The highest BCUT2D eigenvalue weighted by Gasteiger charge is 2.14. The van der Waals surface area contributed by atoms with Crippen molar-refractivity contribution in [2.75, 3.05) is 0 Å². The second-order valence-corrected chi connectivity index (χ2v) is 7.09. The van der Waals surface area contributed by atoms with Gasteiger partial charge in [0.2, 0.25) is 0 Å². The minimum Gasteiger partial charge on any atom is -0.204 e. The molecule has 0 spiro atoms. The molecule has 3 heteroatoms. The predicted molar refractivity (Wildman–Crippen MR) is 116 cm³/mol. The van der Waals surface area contributed by atoms with Crippen LogP contribution in [-0.2, 0) is 6.42 Å². The first-order valence-corrected chi connectivity index (χ1v) is 9.85. The molecule has 4 aromatic rings. The topological polar surface area (TPSA) is 0 Å². The summed E-state index contributed by atoms with van der Waals surface area (Å²) in [6.07, 6.45) is 1.83. The Bertz CT molecular complexity index is 1290. The molecular formula is C27H19F3. The zero-order valence-electron chi connectivity index (χ0n) is 16.5. The van der Waals surface area contributed by atoms with E-state index in [2.05, 4.69) is 49.1 Å². The Morgan fingerprint density at radius 1 is 0.700 bits per heavy atom. The van der Waals surface area contributed by atoms with Crippen LogP contribution in [0.15, 0.2) is 72.8 Å². The molecule has 0 unspecified atom stereocenters. The molecule has 0 atom stereocenters. The molecule has 0 saturated heterocycles. The molecule has 0 aliphatic carbocycles. The van der Waals surface area contributed by atoms with Crippen molar-refractivity contribution in [3.63, 3.8) is 0 Å². The summed E-state index contributed by atoms with van der Waals surface area (Å²) in [4.78, 5) is 0. The number of benzene rings is 4. The van der Waals surface area contributed by atoms with Gasteiger partial charge in [0.05, 0.1) is 5.56 Å². The molecule has 4 aromatic carbocycles. The summed E-state index contributed by atoms with van der Waals surface area (Å²) < 4.78 is 40.9. The maximum absolute atomic E-state index is 14.1. The minimum absolute atomic E-state index is 0.168. The van der Waals surface area contributed by atoms with Crippen molar-refractivity contribution < 1.29 is 13.2 Å². The Morgan fingerprint density at radius 3 is 2.27 bits per heavy atom. The van der Waals surface area contributed by atoms with Gasteiger partial charge in [0.15, 0.2) is 17.5 Å². The second kappa shape index (κ2) is 8.47. The Kier molecular flexibility index (Phi) is 5.59. The summed E-state index contributed by atoms with van der Waals surface area (Å²) >= 11 is 0. The van der Waals surface area contributed by atoms with Crippen molar-refractivity contribution in [2.24, 2.45) is 0 Å². The van der Waals surface area contributed by atoms with E-state index >= 15 is 0 Å². The van der Waals surface area contributed by atoms with E-state index in [1.54, 1.807) is 0 Å². The Balaban J connectivity index is 1.93. The van der Waals surface area contributed by atoms with Crippen LogP contribution in [0.4, 0.5) is 13.2 Å². The number of aryl methyl sites for hydroxylation is 1. The van der Waals surface area contributed by atoms with E-state index in [1.807, 2.05) is 30.3 Å². The molecule has 0 amide bonds. The number of hydrogen-bond acceptors (Lipinski definition) is 0. The van der Waals surface area contributed by atoms with Gasteiger partial charge in [-0.2, -0.15) is 0 Å². The Morgan fingerprint density at radius 2 is 1.43 bits per heavy atom. The van der Waals surface area contributed by atoms with Crippen LogP contribution in [0.3, 0.4) is 0 Å². The first-order valence-electron chi connectivity index (χ1n) is 9.85. The van der Waals surface area contributed by atoms with E-state index in [0.29, 0.717) is 0 Å². The molecule has 0 radical (unpaired) electrons. The lowest BCUT2D eigenvalue weighted by Crippen LogP contribution is -1.96. The summed E-state index contributed by atoms with van der Waals surface area (Å²) in [6, 6.07) is 22.2. The Labute approximate surface area is 174 Å². The lowest BCUT2D eigenvalue weighted by molar-refractivity contribution is 0.446. The number of fused-ring (bicyclic) bond motifs is 1. The molecule has 0 nitrogen and oxygen atoms in total. The van der Waals surface area contributed by atoms with E-state index in [9.17, 15) is 13.2 Å². The van der Waals surface area contributed by atoms with Gasteiger partial charge in [-0.3, -0.25) is 0 Å². The van der Waals surface area contributed by atoms with Gasteiger partial charge >= 0.3 is 0 Å². The lowest BCUT2D eigenvalue weighted by atomic mass is 9.89. The van der Waals surface area contributed by atoms with Crippen LogP contribution in [0.5, 0.6) is 0 Å². The molecule has 4 rings (SSSR count). The maximum atomic E-state index is 14.1. The summed E-state index contributed by atoms with van der Waals surface area (Å²) in [5.41, 5.74) is 3.74. The van der Waals surface area contributed by atoms with Crippen molar-refractivity contribution in [2.45, 2.75) is 19.8 Å². The van der Waals surface area contributed by atoms with Gasteiger partial charge in [0, 0.05) is 11.1 Å². The fraction of sp³-hybridized carbons (Fsp3) is 0.111. The van der Waals surface area contributed by atoms with Crippen LogP contribution in [0.2, 0.25) is 0 Å². The molecule has 148 valence electrons. The van der Waals surface area contributed by atoms with Gasteiger partial charge in [0.25, 0.3) is 0 Å². The van der Waals surface area contributed by atoms with Crippen LogP contribution in [0, 0.1) is 29.3 Å². The van der Waals surface area contributed by atoms with E-state index in [1.165, 1.54) is 0 Å². The summed E-state index contributed by atoms with van der Waals surface area (Å²) in [7, 11) is 0. The molecule has 0 N–H and O–H groups in total. The van der Waals surface area contributed by atoms with E-state index in [4.69, 9.17) is 0 Å². The average Bonchev–Trinajstić information content (AvgIpc) is 2.77. The molecule has 0 aromatic heterocycles. The molecule has 0 fully saturated rings. The third-order valence-corrected chi connectivity index (χ3v) is 5.10. The molecule has 0 aliphatic rings. The van der Waals surface area contributed by atoms with Crippen molar-refractivity contribution in [1.82, 2.24) is 0 Å². The van der Waals surface area contributed by atoms with Gasteiger partial charge in [0.1, 0.15) is 0 Å². The van der Waals surface area contributed by atoms with Crippen molar-refractivity contribution in [3.8, 4) is 23.0 Å². The fourth-order valence-corrected chi connectivity index (χ4v) is 3.70. The van der Waals surface area contributed by atoms with Gasteiger partial charge in [-0.15, -0.1) is 0 Å². The van der Waals surface area contributed by atoms with Crippen LogP contribution < -0.4 is 0 Å². The molecule has 30 heavy (non-hydrogen) atoms.